The van der Waals surface area contributed by atoms with Crippen LogP contribution in [0.15, 0.2) is 24.4 Å². The van der Waals surface area contributed by atoms with E-state index in [9.17, 15) is 5.11 Å². The van der Waals surface area contributed by atoms with Crippen molar-refractivity contribution in [1.29, 1.82) is 0 Å². The Morgan fingerprint density at radius 3 is 2.72 bits per heavy atom. The Bertz CT molecular complexity index is 733. The van der Waals surface area contributed by atoms with E-state index in [1.54, 1.807) is 6.20 Å². The van der Waals surface area contributed by atoms with Crippen LogP contribution in [0.4, 0.5) is 11.8 Å². The van der Waals surface area contributed by atoms with Crippen LogP contribution in [0.1, 0.15) is 38.2 Å². The van der Waals surface area contributed by atoms with Gasteiger partial charge in [0.15, 0.2) is 11.6 Å². The molecule has 4 N–H and O–H groups in total. The summed E-state index contributed by atoms with van der Waals surface area (Å²) in [6.07, 6.45) is 5.54. The number of halogens is 1. The van der Waals surface area contributed by atoms with E-state index in [0.29, 0.717) is 22.3 Å². The normalized spacial score (nSPS) is 20.3. The standard InChI is InChI=1S/C18H23ClN4O2/c1-2-11-3-8-15(14(19)9-11)25-16-10-21-18(20)23-17(16)22-12-4-6-13(24)7-5-12/h3,8-10,12-13,24H,2,4-7H2,1H3,(H3,20,21,22,23). The van der Waals surface area contributed by atoms with Crippen molar-refractivity contribution < 1.29 is 9.84 Å². The molecular formula is C18H23ClN4O2. The van der Waals surface area contributed by atoms with E-state index in [0.717, 1.165) is 37.7 Å². The molecule has 0 spiro atoms. The number of nitrogens with one attached hydrogen (secondary N) is 1. The quantitative estimate of drug-likeness (QED) is 0.749. The van der Waals surface area contributed by atoms with E-state index in [1.165, 1.54) is 0 Å². The van der Waals surface area contributed by atoms with Gasteiger partial charge in [-0.05, 0) is 49.8 Å². The SMILES string of the molecule is CCc1ccc(Oc2cnc(N)nc2NC2CCC(O)CC2)c(Cl)c1. The van der Waals surface area contributed by atoms with Crippen molar-refractivity contribution in [2.24, 2.45) is 0 Å². The fraction of sp³-hybridized carbons (Fsp3) is 0.444. The van der Waals surface area contributed by atoms with Crippen LogP contribution >= 0.6 is 11.6 Å². The third kappa shape index (κ3) is 4.52. The van der Waals surface area contributed by atoms with Crippen molar-refractivity contribution >= 4 is 23.4 Å². The highest BCUT2D eigenvalue weighted by Crippen LogP contribution is 2.34. The Morgan fingerprint density at radius 1 is 1.28 bits per heavy atom. The van der Waals surface area contributed by atoms with E-state index in [4.69, 9.17) is 22.1 Å². The maximum atomic E-state index is 9.65. The fourth-order valence-electron chi connectivity index (χ4n) is 2.94. The Hall–Kier alpha value is -2.05. The van der Waals surface area contributed by atoms with E-state index < -0.39 is 0 Å². The summed E-state index contributed by atoms with van der Waals surface area (Å²) in [7, 11) is 0. The Kier molecular flexibility index (Phi) is 5.60. The molecule has 0 amide bonds. The number of aliphatic hydroxyl groups excluding tert-OH is 1. The first kappa shape index (κ1) is 17.8. The Morgan fingerprint density at radius 2 is 2.04 bits per heavy atom. The number of aryl methyl sites for hydroxylation is 1. The highest BCUT2D eigenvalue weighted by atomic mass is 35.5. The van der Waals surface area contributed by atoms with Gasteiger partial charge in [-0.25, -0.2) is 4.98 Å². The number of nitrogens with zero attached hydrogens (tertiary/aromatic N) is 2. The largest absolute Gasteiger partial charge is 0.450 e. The molecule has 6 nitrogen and oxygen atoms in total. The summed E-state index contributed by atoms with van der Waals surface area (Å²) < 4.78 is 5.93. The molecule has 1 aromatic heterocycles. The summed E-state index contributed by atoms with van der Waals surface area (Å²) in [5.74, 6) is 1.75. The summed E-state index contributed by atoms with van der Waals surface area (Å²) in [5, 5.41) is 13.6. The zero-order chi connectivity index (χ0) is 17.8. The summed E-state index contributed by atoms with van der Waals surface area (Å²) in [6, 6.07) is 5.94. The highest BCUT2D eigenvalue weighted by Gasteiger charge is 2.21. The van der Waals surface area contributed by atoms with E-state index in [1.807, 2.05) is 18.2 Å². The van der Waals surface area contributed by atoms with Crippen LogP contribution in [-0.4, -0.2) is 27.2 Å². The van der Waals surface area contributed by atoms with Crippen molar-refractivity contribution in [3.8, 4) is 11.5 Å². The van der Waals surface area contributed by atoms with E-state index in [2.05, 4.69) is 22.2 Å². The minimum Gasteiger partial charge on any atom is -0.450 e. The number of aromatic nitrogens is 2. The lowest BCUT2D eigenvalue weighted by Crippen LogP contribution is -2.28. The number of hydrogen-bond acceptors (Lipinski definition) is 6. The monoisotopic (exact) mass is 362 g/mol. The highest BCUT2D eigenvalue weighted by molar-refractivity contribution is 6.32. The number of benzene rings is 1. The Labute approximate surface area is 152 Å². The lowest BCUT2D eigenvalue weighted by Gasteiger charge is -2.27. The van der Waals surface area contributed by atoms with Gasteiger partial charge in [-0.3, -0.25) is 0 Å². The summed E-state index contributed by atoms with van der Waals surface area (Å²) in [5.41, 5.74) is 6.88. The molecule has 1 fully saturated rings. The topological polar surface area (TPSA) is 93.3 Å². The first-order valence-electron chi connectivity index (χ1n) is 8.58. The molecule has 25 heavy (non-hydrogen) atoms. The molecule has 0 unspecified atom stereocenters. The molecule has 2 aromatic rings. The number of hydrogen-bond donors (Lipinski definition) is 3. The van der Waals surface area contributed by atoms with Gasteiger partial charge in [-0.1, -0.05) is 24.6 Å². The van der Waals surface area contributed by atoms with Crippen molar-refractivity contribution in [2.45, 2.75) is 51.2 Å². The number of aliphatic hydroxyl groups is 1. The Balaban J connectivity index is 1.79. The predicted octanol–water partition coefficient (Wildman–Crippen LogP) is 3.78. The molecule has 1 heterocycles. The number of anilines is 2. The molecule has 134 valence electrons. The number of rotatable bonds is 5. The number of ether oxygens (including phenoxy) is 1. The molecule has 0 aliphatic heterocycles. The van der Waals surface area contributed by atoms with Gasteiger partial charge in [-0.15, -0.1) is 0 Å². The average Bonchev–Trinajstić information content (AvgIpc) is 2.60. The average molecular weight is 363 g/mol. The second kappa shape index (κ2) is 7.89. The summed E-state index contributed by atoms with van der Waals surface area (Å²) in [4.78, 5) is 8.29. The van der Waals surface area contributed by atoms with Crippen LogP contribution in [-0.2, 0) is 6.42 Å². The molecule has 0 radical (unpaired) electrons. The van der Waals surface area contributed by atoms with Gasteiger partial charge in [0.2, 0.25) is 5.95 Å². The lowest BCUT2D eigenvalue weighted by atomic mass is 9.93. The van der Waals surface area contributed by atoms with Gasteiger partial charge < -0.3 is 20.9 Å². The second-order valence-electron chi connectivity index (χ2n) is 6.31. The van der Waals surface area contributed by atoms with Crippen LogP contribution in [0.25, 0.3) is 0 Å². The summed E-state index contributed by atoms with van der Waals surface area (Å²) >= 11 is 6.31. The van der Waals surface area contributed by atoms with Crippen molar-refractivity contribution in [2.75, 3.05) is 11.1 Å². The molecule has 0 bridgehead atoms. The zero-order valence-corrected chi connectivity index (χ0v) is 15.0. The molecule has 1 aromatic carbocycles. The maximum absolute atomic E-state index is 9.65. The summed E-state index contributed by atoms with van der Waals surface area (Å²) in [6.45, 7) is 2.07. The molecule has 0 saturated heterocycles. The minimum atomic E-state index is -0.208. The van der Waals surface area contributed by atoms with Gasteiger partial charge >= 0.3 is 0 Å². The van der Waals surface area contributed by atoms with Crippen LogP contribution < -0.4 is 15.8 Å². The lowest BCUT2D eigenvalue weighted by molar-refractivity contribution is 0.126. The van der Waals surface area contributed by atoms with Crippen LogP contribution in [0.2, 0.25) is 5.02 Å². The van der Waals surface area contributed by atoms with Gasteiger partial charge in [0.25, 0.3) is 0 Å². The maximum Gasteiger partial charge on any atom is 0.222 e. The zero-order valence-electron chi connectivity index (χ0n) is 14.2. The van der Waals surface area contributed by atoms with Crippen LogP contribution in [0, 0.1) is 0 Å². The molecule has 3 rings (SSSR count). The fourth-order valence-corrected chi connectivity index (χ4v) is 3.18. The van der Waals surface area contributed by atoms with Gasteiger partial charge in [0.05, 0.1) is 17.3 Å². The number of nitrogens with two attached hydrogens (primary N) is 1. The third-order valence-electron chi connectivity index (χ3n) is 4.44. The molecule has 1 saturated carbocycles. The van der Waals surface area contributed by atoms with E-state index >= 15 is 0 Å². The molecule has 1 aliphatic rings. The first-order chi connectivity index (χ1) is 12.0. The molecule has 1 aliphatic carbocycles. The van der Waals surface area contributed by atoms with Crippen molar-refractivity contribution in [1.82, 2.24) is 9.97 Å². The van der Waals surface area contributed by atoms with Gasteiger partial charge in [-0.2, -0.15) is 4.98 Å². The third-order valence-corrected chi connectivity index (χ3v) is 4.73. The van der Waals surface area contributed by atoms with Crippen LogP contribution in [0.3, 0.4) is 0 Å². The first-order valence-corrected chi connectivity index (χ1v) is 8.96. The van der Waals surface area contributed by atoms with Crippen molar-refractivity contribution in [3.05, 3.63) is 35.0 Å². The van der Waals surface area contributed by atoms with Crippen molar-refractivity contribution in [3.63, 3.8) is 0 Å². The molecular weight excluding hydrogens is 340 g/mol. The minimum absolute atomic E-state index is 0.179. The van der Waals surface area contributed by atoms with E-state index in [-0.39, 0.29) is 18.1 Å². The predicted molar refractivity (Wildman–Crippen MR) is 99.2 cm³/mol. The van der Waals surface area contributed by atoms with Crippen LogP contribution in [0.5, 0.6) is 11.5 Å². The van der Waals surface area contributed by atoms with Gasteiger partial charge in [0, 0.05) is 6.04 Å². The van der Waals surface area contributed by atoms with Gasteiger partial charge in [0.1, 0.15) is 5.75 Å². The number of nitrogen functional groups attached to an aromatic ring is 1. The molecule has 7 heteroatoms. The molecule has 0 atom stereocenters. The second-order valence-corrected chi connectivity index (χ2v) is 6.72. The smallest absolute Gasteiger partial charge is 0.222 e.